The predicted octanol–water partition coefficient (Wildman–Crippen LogP) is 3.61. The smallest absolute Gasteiger partial charge is 0.316 e. The number of nitrogens with zero attached hydrogens (tertiary/aromatic N) is 3. The van der Waals surface area contributed by atoms with Gasteiger partial charge in [-0.25, -0.2) is 9.97 Å². The maximum Gasteiger partial charge on any atom is 0.316 e. The van der Waals surface area contributed by atoms with E-state index in [-0.39, 0.29) is 18.6 Å². The average Bonchev–Trinajstić information content (AvgIpc) is 2.73. The minimum Gasteiger partial charge on any atom is -0.484 e. The van der Waals surface area contributed by atoms with Gasteiger partial charge >= 0.3 is 6.01 Å². The molecule has 2 aromatic rings. The Hall–Kier alpha value is -2.63. The summed E-state index contributed by atoms with van der Waals surface area (Å²) in [6.45, 7) is 7.66. The second-order valence-corrected chi connectivity index (χ2v) is 7.46. The first-order valence-electron chi connectivity index (χ1n) is 10.0. The van der Waals surface area contributed by atoms with Crippen molar-refractivity contribution in [2.24, 2.45) is 0 Å². The van der Waals surface area contributed by atoms with E-state index in [1.54, 1.807) is 17.3 Å². The zero-order chi connectivity index (χ0) is 19.9. The van der Waals surface area contributed by atoms with E-state index in [1.165, 1.54) is 5.56 Å². The third-order valence-corrected chi connectivity index (χ3v) is 5.00. The molecule has 0 N–H and O–H groups in total. The number of amides is 1. The summed E-state index contributed by atoms with van der Waals surface area (Å²) in [5, 5.41) is 0. The Morgan fingerprint density at radius 2 is 1.93 bits per heavy atom. The van der Waals surface area contributed by atoms with Gasteiger partial charge in [0, 0.05) is 18.9 Å². The van der Waals surface area contributed by atoms with Gasteiger partial charge in [-0.15, -0.1) is 0 Å². The molecule has 0 aliphatic carbocycles. The summed E-state index contributed by atoms with van der Waals surface area (Å²) in [7, 11) is 0. The molecule has 1 aromatic carbocycles. The van der Waals surface area contributed by atoms with Crippen molar-refractivity contribution in [3.05, 3.63) is 47.8 Å². The quantitative estimate of drug-likeness (QED) is 0.731. The number of likely N-dealkylation sites (tertiary alicyclic amines) is 1. The fraction of sp³-hybridized carbons (Fsp3) is 0.500. The summed E-state index contributed by atoms with van der Waals surface area (Å²) in [6.07, 6.45) is 6.16. The van der Waals surface area contributed by atoms with Crippen LogP contribution in [0.3, 0.4) is 0 Å². The molecule has 1 aromatic heterocycles. The van der Waals surface area contributed by atoms with E-state index in [0.29, 0.717) is 24.2 Å². The maximum atomic E-state index is 12.5. The molecule has 1 aliphatic rings. The van der Waals surface area contributed by atoms with Crippen molar-refractivity contribution in [1.82, 2.24) is 14.9 Å². The lowest BCUT2D eigenvalue weighted by molar-refractivity contribution is -0.136. The molecular formula is C22H29N3O3. The molecule has 1 unspecified atom stereocenters. The molecule has 2 heterocycles. The van der Waals surface area contributed by atoms with Crippen molar-refractivity contribution < 1.29 is 14.3 Å². The number of piperidine rings is 1. The second kappa shape index (κ2) is 9.53. The van der Waals surface area contributed by atoms with Gasteiger partial charge in [-0.2, -0.15) is 0 Å². The highest BCUT2D eigenvalue weighted by atomic mass is 16.5. The highest BCUT2D eigenvalue weighted by Crippen LogP contribution is 2.19. The van der Waals surface area contributed by atoms with Crippen LogP contribution in [0.1, 0.15) is 50.7 Å². The van der Waals surface area contributed by atoms with Gasteiger partial charge in [0.1, 0.15) is 11.9 Å². The summed E-state index contributed by atoms with van der Waals surface area (Å²) in [6, 6.07) is 8.29. The van der Waals surface area contributed by atoms with Gasteiger partial charge in [-0.3, -0.25) is 4.79 Å². The Labute approximate surface area is 166 Å². The zero-order valence-corrected chi connectivity index (χ0v) is 16.9. The first-order valence-corrected chi connectivity index (χ1v) is 10.0. The van der Waals surface area contributed by atoms with Crippen LogP contribution < -0.4 is 9.47 Å². The highest BCUT2D eigenvalue weighted by Gasteiger charge is 2.25. The van der Waals surface area contributed by atoms with Crippen molar-refractivity contribution in [3.8, 4) is 11.8 Å². The molecule has 1 aliphatic heterocycles. The fourth-order valence-electron chi connectivity index (χ4n) is 3.18. The Bertz CT molecular complexity index is 760. The number of aromatic nitrogens is 2. The van der Waals surface area contributed by atoms with E-state index in [0.717, 1.165) is 31.4 Å². The summed E-state index contributed by atoms with van der Waals surface area (Å²) >= 11 is 0. The van der Waals surface area contributed by atoms with Crippen molar-refractivity contribution in [1.29, 1.82) is 0 Å². The normalized spacial score (nSPS) is 16.9. The summed E-state index contributed by atoms with van der Waals surface area (Å²) < 4.78 is 11.6. The Balaban J connectivity index is 1.49. The number of rotatable bonds is 7. The van der Waals surface area contributed by atoms with Gasteiger partial charge in [0.15, 0.2) is 6.61 Å². The van der Waals surface area contributed by atoms with Crippen LogP contribution in [-0.2, 0) is 11.2 Å². The van der Waals surface area contributed by atoms with Gasteiger partial charge in [-0.1, -0.05) is 32.9 Å². The van der Waals surface area contributed by atoms with Crippen LogP contribution in [0, 0.1) is 0 Å². The molecule has 0 radical (unpaired) electrons. The van der Waals surface area contributed by atoms with Crippen LogP contribution in [-0.4, -0.2) is 46.6 Å². The Morgan fingerprint density at radius 3 is 2.57 bits per heavy atom. The minimum atomic E-state index is -0.0875. The maximum absolute atomic E-state index is 12.5. The molecule has 150 valence electrons. The SMILES string of the molecule is CCc1cnc(OC2CCCN(C(=O)COc3ccc(C(C)C)cc3)C2)nc1. The number of carbonyl (C=O) groups is 1. The van der Waals surface area contributed by atoms with Crippen LogP contribution in [0.25, 0.3) is 0 Å². The second-order valence-electron chi connectivity index (χ2n) is 7.46. The monoisotopic (exact) mass is 383 g/mol. The molecule has 3 rings (SSSR count). The number of carbonyl (C=O) groups excluding carboxylic acids is 1. The molecule has 28 heavy (non-hydrogen) atoms. The molecule has 1 fully saturated rings. The van der Waals surface area contributed by atoms with E-state index in [1.807, 2.05) is 24.3 Å². The lowest BCUT2D eigenvalue weighted by atomic mass is 10.0. The minimum absolute atomic E-state index is 0.0246. The number of hydrogen-bond donors (Lipinski definition) is 0. The average molecular weight is 383 g/mol. The standard InChI is InChI=1S/C22H29N3O3/c1-4-17-12-23-22(24-13-17)28-20-6-5-11-25(14-20)21(26)15-27-19-9-7-18(8-10-19)16(2)3/h7-10,12-13,16,20H,4-6,11,14-15H2,1-3H3. The van der Waals surface area contributed by atoms with E-state index in [2.05, 4.69) is 30.7 Å². The zero-order valence-electron chi connectivity index (χ0n) is 16.9. The molecule has 1 amide bonds. The van der Waals surface area contributed by atoms with Gasteiger partial charge in [0.2, 0.25) is 0 Å². The van der Waals surface area contributed by atoms with Crippen LogP contribution in [0.4, 0.5) is 0 Å². The van der Waals surface area contributed by atoms with Crippen molar-refractivity contribution in [3.63, 3.8) is 0 Å². The first-order chi connectivity index (χ1) is 13.5. The number of aryl methyl sites for hydroxylation is 1. The first kappa shape index (κ1) is 20.1. The lowest BCUT2D eigenvalue weighted by Gasteiger charge is -2.32. The molecule has 0 bridgehead atoms. The summed E-state index contributed by atoms with van der Waals surface area (Å²) in [4.78, 5) is 22.8. The number of hydrogen-bond acceptors (Lipinski definition) is 5. The van der Waals surface area contributed by atoms with E-state index in [9.17, 15) is 4.79 Å². The lowest BCUT2D eigenvalue weighted by Crippen LogP contribution is -2.46. The van der Waals surface area contributed by atoms with Crippen molar-refractivity contribution >= 4 is 5.91 Å². The van der Waals surface area contributed by atoms with Crippen molar-refractivity contribution in [2.75, 3.05) is 19.7 Å². The molecular weight excluding hydrogens is 354 g/mol. The van der Waals surface area contributed by atoms with Gasteiger partial charge in [0.05, 0.1) is 6.54 Å². The predicted molar refractivity (Wildman–Crippen MR) is 108 cm³/mol. The molecule has 0 saturated carbocycles. The fourth-order valence-corrected chi connectivity index (χ4v) is 3.18. The van der Waals surface area contributed by atoms with Crippen LogP contribution in [0.5, 0.6) is 11.8 Å². The number of benzene rings is 1. The third kappa shape index (κ3) is 5.44. The van der Waals surface area contributed by atoms with E-state index < -0.39 is 0 Å². The van der Waals surface area contributed by atoms with E-state index >= 15 is 0 Å². The van der Waals surface area contributed by atoms with Crippen LogP contribution in [0.15, 0.2) is 36.7 Å². The summed E-state index contributed by atoms with van der Waals surface area (Å²) in [5.74, 6) is 1.17. The largest absolute Gasteiger partial charge is 0.484 e. The number of ether oxygens (including phenoxy) is 2. The topological polar surface area (TPSA) is 64.5 Å². The third-order valence-electron chi connectivity index (χ3n) is 5.00. The Kier molecular flexibility index (Phi) is 6.85. The molecule has 1 atom stereocenters. The highest BCUT2D eigenvalue weighted by molar-refractivity contribution is 5.77. The van der Waals surface area contributed by atoms with Crippen molar-refractivity contribution in [2.45, 2.75) is 52.1 Å². The Morgan fingerprint density at radius 1 is 1.21 bits per heavy atom. The molecule has 0 spiro atoms. The van der Waals surface area contributed by atoms with Gasteiger partial charge in [-0.05, 0) is 48.4 Å². The van der Waals surface area contributed by atoms with Gasteiger partial charge < -0.3 is 14.4 Å². The molecule has 1 saturated heterocycles. The van der Waals surface area contributed by atoms with Crippen LogP contribution >= 0.6 is 0 Å². The van der Waals surface area contributed by atoms with Gasteiger partial charge in [0.25, 0.3) is 5.91 Å². The van der Waals surface area contributed by atoms with E-state index in [4.69, 9.17) is 9.47 Å². The molecule has 6 heteroatoms. The van der Waals surface area contributed by atoms with Crippen LogP contribution in [0.2, 0.25) is 0 Å². The summed E-state index contributed by atoms with van der Waals surface area (Å²) in [5.41, 5.74) is 2.33. The molecule has 6 nitrogen and oxygen atoms in total.